The normalized spacial score (nSPS) is 12.9. The maximum absolute atomic E-state index is 2.40. The van der Waals surface area contributed by atoms with Crippen LogP contribution in [0.4, 0.5) is 17.1 Å². The van der Waals surface area contributed by atoms with Crippen molar-refractivity contribution in [2.75, 3.05) is 4.90 Å². The van der Waals surface area contributed by atoms with Gasteiger partial charge in [-0.3, -0.25) is 0 Å². The molecule has 1 aliphatic rings. The Bertz CT molecular complexity index is 2780. The number of thiophene rings is 1. The first-order valence-electron chi connectivity index (χ1n) is 18.3. The van der Waals surface area contributed by atoms with Gasteiger partial charge in [0.1, 0.15) is 0 Å². The van der Waals surface area contributed by atoms with Crippen LogP contribution in [0.25, 0.3) is 64.7 Å². The molecule has 0 fully saturated rings. The highest BCUT2D eigenvalue weighted by molar-refractivity contribution is 7.26. The number of hydrogen-bond donors (Lipinski definition) is 0. The van der Waals surface area contributed by atoms with Gasteiger partial charge in [0, 0.05) is 48.2 Å². The molecule has 0 unspecified atom stereocenters. The molecule has 252 valence electrons. The fourth-order valence-corrected chi connectivity index (χ4v) is 9.58. The molecule has 1 aromatic heterocycles. The highest BCUT2D eigenvalue weighted by Crippen LogP contribution is 2.51. The van der Waals surface area contributed by atoms with Crippen LogP contribution in [0.15, 0.2) is 188 Å². The summed E-state index contributed by atoms with van der Waals surface area (Å²) in [6, 6.07) is 69.0. The van der Waals surface area contributed by atoms with E-state index in [2.05, 4.69) is 207 Å². The summed E-state index contributed by atoms with van der Waals surface area (Å²) in [6.45, 7) is 4.69. The summed E-state index contributed by atoms with van der Waals surface area (Å²) in [6.07, 6.45) is 0. The largest absolute Gasteiger partial charge is 0.310 e. The zero-order valence-corrected chi connectivity index (χ0v) is 30.6. The molecule has 1 heterocycles. The van der Waals surface area contributed by atoms with Crippen molar-refractivity contribution in [2.24, 2.45) is 0 Å². The van der Waals surface area contributed by atoms with Crippen molar-refractivity contribution in [3.63, 3.8) is 0 Å². The zero-order valence-electron chi connectivity index (χ0n) is 29.8. The molecule has 1 nitrogen and oxygen atoms in total. The molecule has 0 N–H and O–H groups in total. The van der Waals surface area contributed by atoms with Crippen LogP contribution < -0.4 is 4.90 Å². The van der Waals surface area contributed by atoms with Gasteiger partial charge < -0.3 is 4.90 Å². The molecule has 0 radical (unpaired) electrons. The van der Waals surface area contributed by atoms with Gasteiger partial charge in [-0.25, -0.2) is 0 Å². The zero-order chi connectivity index (χ0) is 35.5. The lowest BCUT2D eigenvalue weighted by atomic mass is 9.82. The third-order valence-corrected chi connectivity index (χ3v) is 12.3. The smallest absolute Gasteiger partial charge is 0.0468 e. The highest BCUT2D eigenvalue weighted by Gasteiger charge is 2.35. The Morgan fingerprint density at radius 2 is 0.925 bits per heavy atom. The first-order chi connectivity index (χ1) is 26.0. The molecule has 2 heteroatoms. The Balaban J connectivity index is 1.12. The minimum absolute atomic E-state index is 0.0412. The predicted octanol–water partition coefficient (Wildman–Crippen LogP) is 14.8. The summed E-state index contributed by atoms with van der Waals surface area (Å²) in [5, 5.41) is 2.63. The summed E-state index contributed by atoms with van der Waals surface area (Å²) >= 11 is 1.89. The van der Waals surface area contributed by atoms with Crippen LogP contribution >= 0.6 is 11.3 Å². The second-order valence-corrected chi connectivity index (χ2v) is 15.6. The molecule has 0 bridgehead atoms. The molecule has 0 amide bonds. The average Bonchev–Trinajstić information content (AvgIpc) is 3.71. The molecule has 0 saturated carbocycles. The van der Waals surface area contributed by atoms with Gasteiger partial charge >= 0.3 is 0 Å². The number of hydrogen-bond acceptors (Lipinski definition) is 2. The number of rotatable bonds is 6. The molecule has 0 spiro atoms. The van der Waals surface area contributed by atoms with Crippen LogP contribution in [0.1, 0.15) is 25.0 Å². The summed E-state index contributed by atoms with van der Waals surface area (Å²) in [7, 11) is 0. The molecule has 8 aromatic carbocycles. The van der Waals surface area contributed by atoms with E-state index in [9.17, 15) is 0 Å². The lowest BCUT2D eigenvalue weighted by molar-refractivity contribution is 0.660. The molecule has 0 saturated heterocycles. The standard InChI is InChI=1S/C51H37NS/c1-51(2)47-19-11-9-17-42(47)45-33-41(29-30-48(45)51)52(39-25-21-36(22-26-39)34-13-5-3-6-14-34)40-27-23-37(24-28-40)44-31-38(35-15-7-4-8-16-35)32-46-43-18-10-12-20-49(43)53-50(44)46/h3-33H,1-2H3. The van der Waals surface area contributed by atoms with Crippen molar-refractivity contribution < 1.29 is 0 Å². The number of nitrogens with zero attached hydrogens (tertiary/aromatic N) is 1. The van der Waals surface area contributed by atoms with Crippen LogP contribution in [0.5, 0.6) is 0 Å². The molecule has 9 aromatic rings. The topological polar surface area (TPSA) is 3.24 Å². The van der Waals surface area contributed by atoms with Gasteiger partial charge in [-0.05, 0) is 105 Å². The van der Waals surface area contributed by atoms with E-state index in [0.29, 0.717) is 0 Å². The van der Waals surface area contributed by atoms with Crippen LogP contribution in [-0.4, -0.2) is 0 Å². The second kappa shape index (κ2) is 12.5. The van der Waals surface area contributed by atoms with Crippen molar-refractivity contribution in [2.45, 2.75) is 19.3 Å². The van der Waals surface area contributed by atoms with Crippen LogP contribution in [0, 0.1) is 0 Å². The Kier molecular flexibility index (Phi) is 7.42. The number of fused-ring (bicyclic) bond motifs is 6. The first kappa shape index (κ1) is 31.5. The van der Waals surface area contributed by atoms with Crippen LogP contribution in [0.2, 0.25) is 0 Å². The van der Waals surface area contributed by atoms with Crippen molar-refractivity contribution in [3.8, 4) is 44.5 Å². The van der Waals surface area contributed by atoms with E-state index in [0.717, 1.165) is 17.1 Å². The first-order valence-corrected chi connectivity index (χ1v) is 19.2. The molecular weight excluding hydrogens is 659 g/mol. The predicted molar refractivity (Wildman–Crippen MR) is 228 cm³/mol. The minimum atomic E-state index is -0.0412. The lowest BCUT2D eigenvalue weighted by Gasteiger charge is -2.27. The monoisotopic (exact) mass is 695 g/mol. The Morgan fingerprint density at radius 3 is 1.64 bits per heavy atom. The van der Waals surface area contributed by atoms with Gasteiger partial charge in [-0.15, -0.1) is 11.3 Å². The maximum atomic E-state index is 2.40. The second-order valence-electron chi connectivity index (χ2n) is 14.6. The summed E-state index contributed by atoms with van der Waals surface area (Å²) in [5.41, 5.74) is 16.1. The van der Waals surface area contributed by atoms with Gasteiger partial charge in [-0.2, -0.15) is 0 Å². The number of benzene rings is 8. The average molecular weight is 696 g/mol. The Hall–Kier alpha value is -6.22. The van der Waals surface area contributed by atoms with E-state index < -0.39 is 0 Å². The molecule has 0 aliphatic heterocycles. The van der Waals surface area contributed by atoms with Gasteiger partial charge in [0.25, 0.3) is 0 Å². The molecule has 0 atom stereocenters. The maximum Gasteiger partial charge on any atom is 0.0468 e. The van der Waals surface area contributed by atoms with E-state index in [1.165, 1.54) is 75.8 Å². The summed E-state index contributed by atoms with van der Waals surface area (Å²) in [5.74, 6) is 0. The third-order valence-electron chi connectivity index (χ3n) is 11.1. The summed E-state index contributed by atoms with van der Waals surface area (Å²) in [4.78, 5) is 2.40. The van der Waals surface area contributed by atoms with Crippen LogP contribution in [0.3, 0.4) is 0 Å². The van der Waals surface area contributed by atoms with Crippen molar-refractivity contribution >= 4 is 48.6 Å². The van der Waals surface area contributed by atoms with E-state index in [-0.39, 0.29) is 5.41 Å². The van der Waals surface area contributed by atoms with E-state index in [1.807, 2.05) is 11.3 Å². The molecule has 10 rings (SSSR count). The van der Waals surface area contributed by atoms with E-state index in [4.69, 9.17) is 0 Å². The van der Waals surface area contributed by atoms with Crippen molar-refractivity contribution in [3.05, 3.63) is 199 Å². The van der Waals surface area contributed by atoms with Gasteiger partial charge in [0.2, 0.25) is 0 Å². The Labute approximate surface area is 315 Å². The molecule has 1 aliphatic carbocycles. The fraction of sp³-hybridized carbons (Fsp3) is 0.0588. The van der Waals surface area contributed by atoms with Crippen molar-refractivity contribution in [1.29, 1.82) is 0 Å². The minimum Gasteiger partial charge on any atom is -0.310 e. The lowest BCUT2D eigenvalue weighted by Crippen LogP contribution is -2.15. The third kappa shape index (κ3) is 5.29. The molecule has 53 heavy (non-hydrogen) atoms. The number of anilines is 3. The SMILES string of the molecule is CC1(C)c2ccccc2-c2cc(N(c3ccc(-c4ccccc4)cc3)c3ccc(-c4cc(-c5ccccc5)cc5c4sc4ccccc45)cc3)ccc21. The van der Waals surface area contributed by atoms with Crippen molar-refractivity contribution in [1.82, 2.24) is 0 Å². The quantitative estimate of drug-likeness (QED) is 0.167. The fourth-order valence-electron chi connectivity index (χ4n) is 8.36. The highest BCUT2D eigenvalue weighted by atomic mass is 32.1. The van der Waals surface area contributed by atoms with Gasteiger partial charge in [0.15, 0.2) is 0 Å². The molecular formula is C51H37NS. The summed E-state index contributed by atoms with van der Waals surface area (Å²) < 4.78 is 2.64. The van der Waals surface area contributed by atoms with Gasteiger partial charge in [-0.1, -0.05) is 147 Å². The van der Waals surface area contributed by atoms with E-state index >= 15 is 0 Å². The van der Waals surface area contributed by atoms with Crippen LogP contribution in [-0.2, 0) is 5.41 Å². The van der Waals surface area contributed by atoms with E-state index in [1.54, 1.807) is 0 Å². The Morgan fingerprint density at radius 1 is 0.377 bits per heavy atom. The van der Waals surface area contributed by atoms with Gasteiger partial charge in [0.05, 0.1) is 0 Å².